The number of nitrogens with one attached hydrogen (secondary N) is 1. The van der Waals surface area contributed by atoms with Gasteiger partial charge in [0.25, 0.3) is 11.5 Å². The fourth-order valence-electron chi connectivity index (χ4n) is 2.41. The van der Waals surface area contributed by atoms with Gasteiger partial charge in [0.05, 0.1) is 10.9 Å². The zero-order valence-electron chi connectivity index (χ0n) is 12.4. The summed E-state index contributed by atoms with van der Waals surface area (Å²) in [4.78, 5) is 28.5. The molecule has 0 saturated carbocycles. The van der Waals surface area contributed by atoms with E-state index in [1.165, 1.54) is 18.2 Å². The molecule has 2 aromatic carbocycles. The number of rotatable bonds is 2. The average Bonchev–Trinajstić information content (AvgIpc) is 2.56. The van der Waals surface area contributed by atoms with E-state index in [0.717, 1.165) is 15.8 Å². The lowest BCUT2D eigenvalue weighted by Crippen LogP contribution is -2.31. The lowest BCUT2D eigenvalue weighted by molar-refractivity contribution is 0.0954. The van der Waals surface area contributed by atoms with E-state index >= 15 is 0 Å². The van der Waals surface area contributed by atoms with E-state index in [1.807, 2.05) is 31.2 Å². The number of fused-ring (bicyclic) bond motifs is 1. The number of nitrogens with two attached hydrogens (primary N) is 2. The Morgan fingerprint density at radius 1 is 1.22 bits per heavy atom. The van der Waals surface area contributed by atoms with E-state index in [1.54, 1.807) is 0 Å². The summed E-state index contributed by atoms with van der Waals surface area (Å²) in [7, 11) is 0. The summed E-state index contributed by atoms with van der Waals surface area (Å²) in [6.07, 6.45) is 0. The fourth-order valence-corrected chi connectivity index (χ4v) is 2.41. The molecule has 0 bridgehead atoms. The molecule has 3 rings (SSSR count). The van der Waals surface area contributed by atoms with Crippen LogP contribution in [0.15, 0.2) is 47.3 Å². The second-order valence-electron chi connectivity index (χ2n) is 5.19. The van der Waals surface area contributed by atoms with Gasteiger partial charge in [-0.2, -0.15) is 0 Å². The zero-order chi connectivity index (χ0) is 16.6. The van der Waals surface area contributed by atoms with Crippen molar-refractivity contribution in [3.05, 3.63) is 63.9 Å². The Bertz CT molecular complexity index is 978. The van der Waals surface area contributed by atoms with Crippen LogP contribution in [0.4, 0.5) is 0 Å². The Balaban J connectivity index is 2.29. The molecule has 116 valence electrons. The number of aryl methyl sites for hydroxylation is 1. The zero-order valence-corrected chi connectivity index (χ0v) is 12.4. The van der Waals surface area contributed by atoms with Gasteiger partial charge in [0, 0.05) is 11.1 Å². The number of benzene rings is 2. The summed E-state index contributed by atoms with van der Waals surface area (Å²) < 4.78 is 1.01. The minimum atomic E-state index is -0.456. The van der Waals surface area contributed by atoms with Crippen molar-refractivity contribution in [2.75, 3.05) is 5.84 Å². The molecule has 0 fully saturated rings. The largest absolute Gasteiger partial charge is 0.334 e. The molecule has 1 aromatic heterocycles. The number of carbonyl (C=O) groups is 1. The standard InChI is InChI=1S/C16H15N5O2/c1-9-3-2-4-10(7-9)14-19-13-8-11(15(22)20-17)5-6-12(13)16(23)21(14)18/h2-8H,17-18H2,1H3,(H,20,22). The first kappa shape index (κ1) is 14.7. The molecule has 0 spiro atoms. The predicted molar refractivity (Wildman–Crippen MR) is 88.0 cm³/mol. The van der Waals surface area contributed by atoms with E-state index in [0.29, 0.717) is 22.3 Å². The van der Waals surface area contributed by atoms with E-state index in [9.17, 15) is 9.59 Å². The van der Waals surface area contributed by atoms with Gasteiger partial charge in [-0.3, -0.25) is 15.0 Å². The first-order chi connectivity index (χ1) is 11.0. The minimum absolute atomic E-state index is 0.317. The van der Waals surface area contributed by atoms with E-state index in [-0.39, 0.29) is 5.56 Å². The molecule has 0 unspecified atom stereocenters. The molecular formula is C16H15N5O2. The van der Waals surface area contributed by atoms with Crippen molar-refractivity contribution < 1.29 is 4.79 Å². The maximum atomic E-state index is 12.4. The summed E-state index contributed by atoms with van der Waals surface area (Å²) in [6, 6.07) is 12.0. The van der Waals surface area contributed by atoms with Crippen LogP contribution >= 0.6 is 0 Å². The predicted octanol–water partition coefficient (Wildman–Crippen LogP) is 0.689. The minimum Gasteiger partial charge on any atom is -0.334 e. The van der Waals surface area contributed by atoms with Crippen molar-refractivity contribution in [3.63, 3.8) is 0 Å². The molecule has 0 aliphatic carbocycles. The first-order valence-corrected chi connectivity index (χ1v) is 6.91. The number of hydrogen-bond acceptors (Lipinski definition) is 5. The summed E-state index contributed by atoms with van der Waals surface area (Å²) in [6.45, 7) is 1.94. The molecule has 1 amide bonds. The van der Waals surface area contributed by atoms with Gasteiger partial charge in [-0.05, 0) is 31.2 Å². The number of hydrogen-bond donors (Lipinski definition) is 3. The van der Waals surface area contributed by atoms with Crippen molar-refractivity contribution in [1.82, 2.24) is 15.1 Å². The fraction of sp³-hybridized carbons (Fsp3) is 0.0625. The highest BCUT2D eigenvalue weighted by atomic mass is 16.2. The lowest BCUT2D eigenvalue weighted by Gasteiger charge is -2.10. The van der Waals surface area contributed by atoms with E-state index in [2.05, 4.69) is 10.4 Å². The van der Waals surface area contributed by atoms with Crippen LogP contribution in [0.25, 0.3) is 22.3 Å². The number of nitrogens with zero attached hydrogens (tertiary/aromatic N) is 2. The number of carbonyl (C=O) groups excluding carboxylic acids is 1. The lowest BCUT2D eigenvalue weighted by atomic mass is 10.1. The number of nitrogen functional groups attached to an aromatic ring is 2. The molecule has 7 nitrogen and oxygen atoms in total. The van der Waals surface area contributed by atoms with Gasteiger partial charge < -0.3 is 5.84 Å². The van der Waals surface area contributed by atoms with Gasteiger partial charge in [-0.15, -0.1) is 0 Å². The smallest absolute Gasteiger partial charge is 0.280 e. The highest BCUT2D eigenvalue weighted by Crippen LogP contribution is 2.19. The topological polar surface area (TPSA) is 116 Å². The highest BCUT2D eigenvalue weighted by Gasteiger charge is 2.13. The van der Waals surface area contributed by atoms with Crippen LogP contribution < -0.4 is 22.7 Å². The van der Waals surface area contributed by atoms with Gasteiger partial charge in [-0.1, -0.05) is 23.8 Å². The maximum Gasteiger partial charge on any atom is 0.280 e. The molecule has 3 aromatic rings. The normalized spacial score (nSPS) is 10.7. The third kappa shape index (κ3) is 2.53. The summed E-state index contributed by atoms with van der Waals surface area (Å²) >= 11 is 0. The van der Waals surface area contributed by atoms with Crippen molar-refractivity contribution in [1.29, 1.82) is 0 Å². The van der Waals surface area contributed by atoms with Crippen LogP contribution in [0.1, 0.15) is 15.9 Å². The van der Waals surface area contributed by atoms with Gasteiger partial charge in [0.2, 0.25) is 0 Å². The van der Waals surface area contributed by atoms with Crippen molar-refractivity contribution in [2.45, 2.75) is 6.92 Å². The summed E-state index contributed by atoms with van der Waals surface area (Å²) in [5.41, 5.74) is 4.11. The monoisotopic (exact) mass is 309 g/mol. The molecule has 0 radical (unpaired) electrons. The molecule has 5 N–H and O–H groups in total. The average molecular weight is 309 g/mol. The number of hydrazine groups is 1. The van der Waals surface area contributed by atoms with Crippen LogP contribution in [0.5, 0.6) is 0 Å². The Morgan fingerprint density at radius 3 is 2.70 bits per heavy atom. The molecule has 23 heavy (non-hydrogen) atoms. The van der Waals surface area contributed by atoms with Crippen molar-refractivity contribution in [2.24, 2.45) is 5.84 Å². The molecule has 1 heterocycles. The maximum absolute atomic E-state index is 12.4. The van der Waals surface area contributed by atoms with Crippen molar-refractivity contribution in [3.8, 4) is 11.4 Å². The van der Waals surface area contributed by atoms with Gasteiger partial charge in [0.15, 0.2) is 5.82 Å². The highest BCUT2D eigenvalue weighted by molar-refractivity contribution is 5.97. The summed E-state index contributed by atoms with van der Waals surface area (Å²) in [5, 5.41) is 0.331. The van der Waals surface area contributed by atoms with Gasteiger partial charge in [0.1, 0.15) is 0 Å². The van der Waals surface area contributed by atoms with E-state index in [4.69, 9.17) is 11.7 Å². The number of amides is 1. The summed E-state index contributed by atoms with van der Waals surface area (Å²) in [5.74, 6) is 10.9. The third-order valence-electron chi connectivity index (χ3n) is 3.57. The van der Waals surface area contributed by atoms with Crippen LogP contribution in [-0.2, 0) is 0 Å². The Labute approximate surface area is 131 Å². The Morgan fingerprint density at radius 2 is 2.00 bits per heavy atom. The van der Waals surface area contributed by atoms with Gasteiger partial charge in [-0.25, -0.2) is 15.5 Å². The van der Waals surface area contributed by atoms with Crippen LogP contribution in [0.2, 0.25) is 0 Å². The molecule has 0 atom stereocenters. The van der Waals surface area contributed by atoms with Crippen LogP contribution in [0.3, 0.4) is 0 Å². The first-order valence-electron chi connectivity index (χ1n) is 6.91. The Hall–Kier alpha value is -3.19. The quantitative estimate of drug-likeness (QED) is 0.366. The molecule has 0 saturated heterocycles. The molecule has 0 aliphatic heterocycles. The third-order valence-corrected chi connectivity index (χ3v) is 3.57. The molecule has 0 aliphatic rings. The van der Waals surface area contributed by atoms with E-state index < -0.39 is 5.91 Å². The molecular weight excluding hydrogens is 294 g/mol. The van der Waals surface area contributed by atoms with Crippen LogP contribution in [0, 0.1) is 6.92 Å². The second kappa shape index (κ2) is 5.54. The number of aromatic nitrogens is 2. The van der Waals surface area contributed by atoms with Gasteiger partial charge >= 0.3 is 0 Å². The SMILES string of the molecule is Cc1cccc(-c2nc3cc(C(=O)NN)ccc3c(=O)n2N)c1. The molecule has 7 heteroatoms. The van der Waals surface area contributed by atoms with Crippen LogP contribution in [-0.4, -0.2) is 15.6 Å². The van der Waals surface area contributed by atoms with Crippen molar-refractivity contribution >= 4 is 16.8 Å². The second-order valence-corrected chi connectivity index (χ2v) is 5.19. The Kier molecular flexibility index (Phi) is 3.55.